The van der Waals surface area contributed by atoms with Gasteiger partial charge in [-0.1, -0.05) is 42.3 Å². The Hall–Kier alpha value is -4.07. The van der Waals surface area contributed by atoms with E-state index in [0.717, 1.165) is 64.5 Å². The molecule has 6 heterocycles. The lowest BCUT2D eigenvalue weighted by Crippen LogP contribution is -2.51. The number of anilines is 2. The number of carbonyl (C=O) groups excluding carboxylic acids is 1. The minimum absolute atomic E-state index is 0.0709. The molecule has 3 aromatic rings. The summed E-state index contributed by atoms with van der Waals surface area (Å²) >= 11 is 14.1. The van der Waals surface area contributed by atoms with Crippen LogP contribution in [0.15, 0.2) is 36.4 Å². The van der Waals surface area contributed by atoms with E-state index >= 15 is 0 Å². The Bertz CT molecular complexity index is 2470. The van der Waals surface area contributed by atoms with Gasteiger partial charge >= 0.3 is 5.97 Å². The van der Waals surface area contributed by atoms with Gasteiger partial charge in [0.1, 0.15) is 17.3 Å². The van der Waals surface area contributed by atoms with Crippen molar-refractivity contribution in [3.8, 4) is 11.5 Å². The number of nitrogens with zero attached hydrogens (tertiary/aromatic N) is 3. The summed E-state index contributed by atoms with van der Waals surface area (Å²) in [7, 11) is -4.49. The number of carboxylic acids is 1. The fourth-order valence-corrected chi connectivity index (χ4v) is 11.4. The molecule has 0 aromatic heterocycles. The summed E-state index contributed by atoms with van der Waals surface area (Å²) < 4.78 is 42.8. The van der Waals surface area contributed by atoms with Crippen molar-refractivity contribution in [2.45, 2.75) is 83.3 Å². The second kappa shape index (κ2) is 12.0. The first-order valence-electron chi connectivity index (χ1n) is 18.6. The highest BCUT2D eigenvalue weighted by Crippen LogP contribution is 2.65. The van der Waals surface area contributed by atoms with Gasteiger partial charge in [0.15, 0.2) is 12.1 Å². The molecule has 9 rings (SSSR count). The molecule has 2 N–H and O–H groups in total. The zero-order valence-corrected chi connectivity index (χ0v) is 33.5. The van der Waals surface area contributed by atoms with Crippen molar-refractivity contribution in [2.75, 3.05) is 35.2 Å². The molecule has 1 atom stereocenters. The second-order valence-corrected chi connectivity index (χ2v) is 18.6. The predicted molar refractivity (Wildman–Crippen MR) is 211 cm³/mol. The molecule has 1 spiro atoms. The quantitative estimate of drug-likeness (QED) is 0.236. The maximum Gasteiger partial charge on any atom is 0.332 e. The molecule has 0 radical (unpaired) electrons. The fourth-order valence-electron chi connectivity index (χ4n) is 10.2. The Kier molecular flexibility index (Phi) is 7.96. The molecule has 6 aliphatic rings. The van der Waals surface area contributed by atoms with E-state index in [9.17, 15) is 27.7 Å². The van der Waals surface area contributed by atoms with E-state index in [-0.39, 0.29) is 21.1 Å². The summed E-state index contributed by atoms with van der Waals surface area (Å²) in [6.07, 6.45) is 7.70. The molecule has 11 nitrogen and oxygen atoms in total. The van der Waals surface area contributed by atoms with Crippen LogP contribution >= 0.6 is 23.2 Å². The first-order chi connectivity index (χ1) is 25.9. The molecule has 0 saturated carbocycles. The van der Waals surface area contributed by atoms with E-state index in [1.54, 1.807) is 6.07 Å². The molecule has 55 heavy (non-hydrogen) atoms. The van der Waals surface area contributed by atoms with E-state index in [1.807, 2.05) is 32.1 Å². The maximum atomic E-state index is 14.9. The number of fused-ring (bicyclic) bond motifs is 8. The monoisotopic (exact) mass is 805 g/mol. The number of carboxylic acid groups (broad SMARTS) is 1. The number of carbonyl (C=O) groups is 2. The minimum Gasteiger partial charge on any atom is -0.479 e. The van der Waals surface area contributed by atoms with Crippen LogP contribution in [0.4, 0.5) is 11.4 Å². The molecule has 0 saturated heterocycles. The van der Waals surface area contributed by atoms with Crippen LogP contribution in [-0.4, -0.2) is 71.5 Å². The van der Waals surface area contributed by atoms with E-state index in [1.165, 1.54) is 6.07 Å². The highest BCUT2D eigenvalue weighted by Gasteiger charge is 2.62. The van der Waals surface area contributed by atoms with Gasteiger partial charge in [-0.3, -0.25) is 14.2 Å². The van der Waals surface area contributed by atoms with Gasteiger partial charge in [0.2, 0.25) is 0 Å². The molecule has 6 aliphatic heterocycles. The number of rotatable bonds is 6. The van der Waals surface area contributed by atoms with Crippen LogP contribution < -0.4 is 14.5 Å². The maximum absolute atomic E-state index is 14.9. The van der Waals surface area contributed by atoms with Crippen LogP contribution in [0.2, 0.25) is 10.0 Å². The van der Waals surface area contributed by atoms with Crippen LogP contribution in [0.3, 0.4) is 0 Å². The fraction of sp³-hybridized carbons (Fsp3) is 0.415. The number of allylic oxidation sites excluding steroid dienone is 1. The van der Waals surface area contributed by atoms with Crippen LogP contribution in [-0.2, 0) is 38.1 Å². The average Bonchev–Trinajstić information content (AvgIpc) is 3.37. The molecule has 0 aliphatic carbocycles. The zero-order valence-electron chi connectivity index (χ0n) is 31.2. The number of aliphatic carboxylic acids is 1. The second-order valence-electron chi connectivity index (χ2n) is 16.4. The lowest BCUT2D eigenvalue weighted by molar-refractivity contribution is -0.180. The van der Waals surface area contributed by atoms with Gasteiger partial charge in [0.25, 0.3) is 16.0 Å². The summed E-state index contributed by atoms with van der Waals surface area (Å²) in [5.41, 5.74) is 5.36. The summed E-state index contributed by atoms with van der Waals surface area (Å²) in [5.74, 6) is -1.60. The smallest absolute Gasteiger partial charge is 0.332 e. The summed E-state index contributed by atoms with van der Waals surface area (Å²) in [5, 5.41) is 11.4. The number of halogens is 2. The van der Waals surface area contributed by atoms with E-state index in [0.29, 0.717) is 58.7 Å². The minimum atomic E-state index is -4.49. The number of hydroxylamine groups is 2. The predicted octanol–water partition coefficient (Wildman–Crippen LogP) is 8.02. The molecule has 14 heteroatoms. The normalized spacial score (nSPS) is 22.3. The van der Waals surface area contributed by atoms with E-state index in [4.69, 9.17) is 32.8 Å². The molecule has 0 fully saturated rings. The third-order valence-electron chi connectivity index (χ3n) is 12.2. The van der Waals surface area contributed by atoms with Crippen molar-refractivity contribution >= 4 is 67.7 Å². The molecule has 1 unspecified atom stereocenters. The van der Waals surface area contributed by atoms with E-state index < -0.39 is 45.4 Å². The molecule has 0 bridgehead atoms. The van der Waals surface area contributed by atoms with Crippen molar-refractivity contribution in [1.29, 1.82) is 0 Å². The van der Waals surface area contributed by atoms with Crippen molar-refractivity contribution in [3.05, 3.63) is 91.0 Å². The van der Waals surface area contributed by atoms with E-state index in [2.05, 4.69) is 36.6 Å². The third-order valence-corrected chi connectivity index (χ3v) is 13.5. The summed E-state index contributed by atoms with van der Waals surface area (Å²) in [6.45, 7) is 11.2. The number of ether oxygens (including phenoxy) is 1. The standard InChI is InChI=1S/C41H41Cl2N3O8S/c1-6-21-17-39(2,3)44-13-7-9-23-34(44)25(21)15-27-36(23)54-37-24-10-8-14-45-35(24)26(22(18-40(45,4)5)20-55(50,51)52)16-28(37)41(27)33-30(43)12-11-29(42)32(33)38(49)46(41)53-19-31(47)48/h11-12,15-18H,6-10,13-14,19-20H2,1-5H3,(H,47,48)(H,50,51,52). The Morgan fingerprint density at radius 3 is 1.95 bits per heavy atom. The Morgan fingerprint density at radius 1 is 0.891 bits per heavy atom. The van der Waals surface area contributed by atoms with Crippen LogP contribution in [0.25, 0.3) is 11.1 Å². The molecule has 3 aromatic carbocycles. The zero-order chi connectivity index (χ0) is 39.1. The number of amides is 1. The lowest BCUT2D eigenvalue weighted by atomic mass is 9.70. The number of benzene rings is 3. The first kappa shape index (κ1) is 36.6. The van der Waals surface area contributed by atoms with Crippen LogP contribution in [0.5, 0.6) is 11.5 Å². The summed E-state index contributed by atoms with van der Waals surface area (Å²) in [4.78, 5) is 37.9. The largest absolute Gasteiger partial charge is 0.479 e. The van der Waals surface area contributed by atoms with Crippen molar-refractivity contribution < 1.29 is 37.2 Å². The molecular weight excluding hydrogens is 765 g/mol. The topological polar surface area (TPSA) is 137 Å². The lowest BCUT2D eigenvalue weighted by Gasteiger charge is -2.51. The van der Waals surface area contributed by atoms with Crippen molar-refractivity contribution in [1.82, 2.24) is 5.06 Å². The van der Waals surface area contributed by atoms with Gasteiger partial charge in [-0.25, -0.2) is 4.79 Å². The SMILES string of the molecule is CCC1=CC(C)(C)N2CCCc3c4c(cc1c32)C1(c2cc3c5c(c2O4)CCCN5C(C)(C)C=C3CS(=O)(=O)O)c2c(Cl)ccc(Cl)c2C(=O)N1OCC(=O)O. The summed E-state index contributed by atoms with van der Waals surface area (Å²) in [6, 6.07) is 7.00. The third kappa shape index (κ3) is 5.04. The van der Waals surface area contributed by atoms with Gasteiger partial charge in [-0.05, 0) is 95.2 Å². The Morgan fingerprint density at radius 2 is 1.42 bits per heavy atom. The number of hydrogen-bond donors (Lipinski definition) is 2. The Balaban J connectivity index is 1.48. The Labute approximate surface area is 329 Å². The average molecular weight is 807 g/mol. The van der Waals surface area contributed by atoms with Gasteiger partial charge in [0.05, 0.1) is 33.0 Å². The highest BCUT2D eigenvalue weighted by atomic mass is 35.5. The van der Waals surface area contributed by atoms with Gasteiger partial charge in [-0.2, -0.15) is 13.5 Å². The molecule has 288 valence electrons. The number of hydrogen-bond acceptors (Lipinski definition) is 8. The van der Waals surface area contributed by atoms with Gasteiger partial charge in [0, 0.05) is 57.1 Å². The highest BCUT2D eigenvalue weighted by molar-refractivity contribution is 7.86. The van der Waals surface area contributed by atoms with Crippen LogP contribution in [0, 0.1) is 0 Å². The van der Waals surface area contributed by atoms with Gasteiger partial charge in [-0.15, -0.1) is 0 Å². The molecule has 1 amide bonds. The van der Waals surface area contributed by atoms with Crippen molar-refractivity contribution in [2.24, 2.45) is 0 Å². The van der Waals surface area contributed by atoms with Gasteiger partial charge < -0.3 is 19.6 Å². The molecular formula is C41H41Cl2N3O8S. The first-order valence-corrected chi connectivity index (χ1v) is 21.0. The van der Waals surface area contributed by atoms with Crippen LogP contribution in [0.1, 0.15) is 103 Å². The van der Waals surface area contributed by atoms with Crippen molar-refractivity contribution in [3.63, 3.8) is 0 Å².